The quantitative estimate of drug-likeness (QED) is 0.743. The number of halogens is 1. The maximum absolute atomic E-state index is 12.3. The summed E-state index contributed by atoms with van der Waals surface area (Å²) in [5.41, 5.74) is 0. The van der Waals surface area contributed by atoms with Gasteiger partial charge in [-0.25, -0.2) is 0 Å². The Balaban J connectivity index is 2.39. The van der Waals surface area contributed by atoms with Crippen LogP contribution in [0.1, 0.15) is 6.92 Å². The number of rotatable bonds is 4. The summed E-state index contributed by atoms with van der Waals surface area (Å²) in [7, 11) is -3.84. The summed E-state index contributed by atoms with van der Waals surface area (Å²) in [4.78, 5) is 13.4. The summed E-state index contributed by atoms with van der Waals surface area (Å²) in [6.07, 6.45) is 1.54. The average molecular weight is 389 g/mol. The first-order chi connectivity index (χ1) is 9.85. The van der Waals surface area contributed by atoms with E-state index in [2.05, 4.69) is 26.9 Å². The minimum atomic E-state index is -3.84. The zero-order valence-corrected chi connectivity index (χ0v) is 14.4. The Kier molecular flexibility index (Phi) is 4.90. The number of carbonyl (C=O) groups is 1. The molecule has 1 aromatic carbocycles. The second-order valence-electron chi connectivity index (χ2n) is 4.30. The molecule has 0 N–H and O–H groups in total. The SMILES string of the molecule is C=CCN1C(=O)C(C)S/C1=N/S(=O)(=O)c1ccc(Br)cc1. The highest BCUT2D eigenvalue weighted by Gasteiger charge is 2.35. The molecule has 1 aromatic rings. The number of amidine groups is 1. The Morgan fingerprint density at radius 3 is 2.62 bits per heavy atom. The van der Waals surface area contributed by atoms with Gasteiger partial charge in [0.05, 0.1) is 10.1 Å². The molecule has 0 saturated carbocycles. The molecule has 1 atom stereocenters. The molecule has 1 aliphatic rings. The fourth-order valence-electron chi connectivity index (χ4n) is 1.72. The number of hydrogen-bond donors (Lipinski definition) is 0. The van der Waals surface area contributed by atoms with Crippen LogP contribution in [-0.2, 0) is 14.8 Å². The molecule has 1 fully saturated rings. The Hall–Kier alpha value is -1.12. The number of sulfonamides is 1. The van der Waals surface area contributed by atoms with Crippen LogP contribution < -0.4 is 0 Å². The lowest BCUT2D eigenvalue weighted by Crippen LogP contribution is -2.31. The van der Waals surface area contributed by atoms with Crippen molar-refractivity contribution in [3.63, 3.8) is 0 Å². The molecule has 1 aliphatic heterocycles. The van der Waals surface area contributed by atoms with E-state index < -0.39 is 10.0 Å². The van der Waals surface area contributed by atoms with E-state index in [1.54, 1.807) is 19.1 Å². The van der Waals surface area contributed by atoms with Crippen molar-refractivity contribution in [2.75, 3.05) is 6.54 Å². The van der Waals surface area contributed by atoms with Gasteiger partial charge in [-0.3, -0.25) is 9.69 Å². The maximum Gasteiger partial charge on any atom is 0.284 e. The maximum atomic E-state index is 12.3. The van der Waals surface area contributed by atoms with E-state index in [0.29, 0.717) is 0 Å². The van der Waals surface area contributed by atoms with Crippen LogP contribution >= 0.6 is 27.7 Å². The van der Waals surface area contributed by atoms with E-state index in [9.17, 15) is 13.2 Å². The van der Waals surface area contributed by atoms with E-state index in [0.717, 1.165) is 16.2 Å². The van der Waals surface area contributed by atoms with Crippen molar-refractivity contribution in [3.8, 4) is 0 Å². The third-order valence-corrected chi connectivity index (χ3v) is 5.75. The first kappa shape index (κ1) is 16.3. The van der Waals surface area contributed by atoms with Crippen LogP contribution in [0.15, 0.2) is 50.7 Å². The minimum Gasteiger partial charge on any atom is -0.286 e. The van der Waals surface area contributed by atoms with Gasteiger partial charge in [-0.15, -0.1) is 11.0 Å². The summed E-state index contributed by atoms with van der Waals surface area (Å²) < 4.78 is 29.1. The van der Waals surface area contributed by atoms with Crippen LogP contribution in [0.3, 0.4) is 0 Å². The van der Waals surface area contributed by atoms with Gasteiger partial charge in [0.2, 0.25) is 5.91 Å². The van der Waals surface area contributed by atoms with Crippen LogP contribution in [0.4, 0.5) is 0 Å². The molecule has 21 heavy (non-hydrogen) atoms. The first-order valence-electron chi connectivity index (χ1n) is 6.04. The smallest absolute Gasteiger partial charge is 0.284 e. The molecule has 8 heteroatoms. The molecule has 112 valence electrons. The lowest BCUT2D eigenvalue weighted by Gasteiger charge is -2.13. The molecule has 0 aliphatic carbocycles. The first-order valence-corrected chi connectivity index (χ1v) is 9.16. The van der Waals surface area contributed by atoms with Crippen LogP contribution in [0.2, 0.25) is 0 Å². The Morgan fingerprint density at radius 1 is 1.43 bits per heavy atom. The van der Waals surface area contributed by atoms with Crippen molar-refractivity contribution in [1.82, 2.24) is 4.90 Å². The van der Waals surface area contributed by atoms with Gasteiger partial charge in [0, 0.05) is 11.0 Å². The van der Waals surface area contributed by atoms with Crippen LogP contribution in [-0.4, -0.2) is 36.2 Å². The topological polar surface area (TPSA) is 66.8 Å². The molecule has 0 bridgehead atoms. The van der Waals surface area contributed by atoms with E-state index >= 15 is 0 Å². The van der Waals surface area contributed by atoms with Gasteiger partial charge in [-0.2, -0.15) is 8.42 Å². The molecule has 1 saturated heterocycles. The molecule has 0 radical (unpaired) electrons. The molecule has 5 nitrogen and oxygen atoms in total. The molecule has 1 heterocycles. The van der Waals surface area contributed by atoms with Crippen molar-refractivity contribution >= 4 is 48.8 Å². The summed E-state index contributed by atoms with van der Waals surface area (Å²) in [6, 6.07) is 6.19. The zero-order chi connectivity index (χ0) is 15.6. The predicted octanol–water partition coefficient (Wildman–Crippen LogP) is 2.64. The molecular weight excluding hydrogens is 376 g/mol. The largest absolute Gasteiger partial charge is 0.286 e. The number of amides is 1. The molecular formula is C13H13BrN2O3S2. The minimum absolute atomic E-state index is 0.0874. The van der Waals surface area contributed by atoms with Gasteiger partial charge >= 0.3 is 0 Å². The van der Waals surface area contributed by atoms with Crippen molar-refractivity contribution in [1.29, 1.82) is 0 Å². The number of thioether (sulfide) groups is 1. The average Bonchev–Trinajstić information content (AvgIpc) is 2.67. The van der Waals surface area contributed by atoms with E-state index in [-0.39, 0.29) is 27.8 Å². The highest BCUT2D eigenvalue weighted by atomic mass is 79.9. The third-order valence-electron chi connectivity index (χ3n) is 2.75. The second kappa shape index (κ2) is 6.33. The standard InChI is InChI=1S/C13H13BrN2O3S2/c1-3-8-16-12(17)9(2)20-13(16)15-21(18,19)11-6-4-10(14)5-7-11/h3-7,9H,1,8H2,2H3/b15-13+. The normalized spacial score (nSPS) is 21.0. The molecule has 0 spiro atoms. The van der Waals surface area contributed by atoms with E-state index in [4.69, 9.17) is 0 Å². The van der Waals surface area contributed by atoms with Gasteiger partial charge < -0.3 is 0 Å². The Bertz CT molecular complexity index is 699. The van der Waals surface area contributed by atoms with Crippen molar-refractivity contribution in [2.24, 2.45) is 4.40 Å². The number of carbonyl (C=O) groups excluding carboxylic acids is 1. The molecule has 1 amide bonds. The van der Waals surface area contributed by atoms with Gasteiger partial charge in [-0.1, -0.05) is 33.8 Å². The number of nitrogens with zero attached hydrogens (tertiary/aromatic N) is 2. The molecule has 0 aromatic heterocycles. The fourth-order valence-corrected chi connectivity index (χ4v) is 4.17. The van der Waals surface area contributed by atoms with Crippen LogP contribution in [0.5, 0.6) is 0 Å². The van der Waals surface area contributed by atoms with E-state index in [1.165, 1.54) is 23.1 Å². The Labute approximate surface area is 136 Å². The number of benzene rings is 1. The number of hydrogen-bond acceptors (Lipinski definition) is 4. The summed E-state index contributed by atoms with van der Waals surface area (Å²) in [5, 5.41) is -0.154. The predicted molar refractivity (Wildman–Crippen MR) is 87.7 cm³/mol. The second-order valence-corrected chi connectivity index (χ2v) is 8.13. The summed E-state index contributed by atoms with van der Waals surface area (Å²) in [6.45, 7) is 5.53. The Morgan fingerprint density at radius 2 is 2.05 bits per heavy atom. The lowest BCUT2D eigenvalue weighted by atomic mass is 10.4. The van der Waals surface area contributed by atoms with Crippen molar-refractivity contribution in [2.45, 2.75) is 17.1 Å². The van der Waals surface area contributed by atoms with Crippen molar-refractivity contribution in [3.05, 3.63) is 41.4 Å². The van der Waals surface area contributed by atoms with Gasteiger partial charge in [0.1, 0.15) is 0 Å². The highest BCUT2D eigenvalue weighted by molar-refractivity contribution is 9.10. The summed E-state index contributed by atoms with van der Waals surface area (Å²) >= 11 is 4.38. The zero-order valence-electron chi connectivity index (χ0n) is 11.2. The molecule has 1 unspecified atom stereocenters. The monoisotopic (exact) mass is 388 g/mol. The van der Waals surface area contributed by atoms with Gasteiger partial charge in [0.25, 0.3) is 10.0 Å². The van der Waals surface area contributed by atoms with Crippen LogP contribution in [0, 0.1) is 0 Å². The molecule has 2 rings (SSSR count). The van der Waals surface area contributed by atoms with Crippen molar-refractivity contribution < 1.29 is 13.2 Å². The lowest BCUT2D eigenvalue weighted by molar-refractivity contribution is -0.125. The summed E-state index contributed by atoms with van der Waals surface area (Å²) in [5.74, 6) is -0.162. The van der Waals surface area contributed by atoms with E-state index in [1.807, 2.05) is 0 Å². The highest BCUT2D eigenvalue weighted by Crippen LogP contribution is 2.28. The van der Waals surface area contributed by atoms with Crippen LogP contribution in [0.25, 0.3) is 0 Å². The van der Waals surface area contributed by atoms with Gasteiger partial charge in [0.15, 0.2) is 5.17 Å². The van der Waals surface area contributed by atoms with Gasteiger partial charge in [-0.05, 0) is 31.2 Å². The fraction of sp³-hybridized carbons (Fsp3) is 0.231. The third kappa shape index (κ3) is 3.56.